The van der Waals surface area contributed by atoms with Gasteiger partial charge in [0.2, 0.25) is 5.91 Å². The number of nitrogens with one attached hydrogen (secondary N) is 1. The standard InChI is InChI=1S/C12H10FN3O2/c13-9-3-1-4-10(7-9)15-11(17)8-16-6-2-5-14-12(16)18/h1-7H,8H2,(H,15,17). The highest BCUT2D eigenvalue weighted by Gasteiger charge is 2.05. The minimum Gasteiger partial charge on any atom is -0.324 e. The fraction of sp³-hybridized carbons (Fsp3) is 0.0833. The molecule has 1 N–H and O–H groups in total. The van der Waals surface area contributed by atoms with Crippen LogP contribution in [0.3, 0.4) is 0 Å². The number of nitrogens with zero attached hydrogens (tertiary/aromatic N) is 2. The predicted molar refractivity (Wildman–Crippen MR) is 63.5 cm³/mol. The third-order valence-corrected chi connectivity index (χ3v) is 2.21. The number of halogens is 1. The quantitative estimate of drug-likeness (QED) is 0.880. The summed E-state index contributed by atoms with van der Waals surface area (Å²) in [5.74, 6) is -0.859. The molecule has 1 heterocycles. The average Bonchev–Trinajstić information content (AvgIpc) is 2.32. The van der Waals surface area contributed by atoms with E-state index in [4.69, 9.17) is 0 Å². The molecule has 92 valence electrons. The third kappa shape index (κ3) is 3.00. The Morgan fingerprint density at radius 2 is 2.22 bits per heavy atom. The molecule has 1 aromatic carbocycles. The zero-order valence-electron chi connectivity index (χ0n) is 9.34. The van der Waals surface area contributed by atoms with E-state index < -0.39 is 17.4 Å². The van der Waals surface area contributed by atoms with Gasteiger partial charge in [0.1, 0.15) is 12.4 Å². The van der Waals surface area contributed by atoms with Crippen LogP contribution in [0, 0.1) is 5.82 Å². The highest BCUT2D eigenvalue weighted by Crippen LogP contribution is 2.08. The molecule has 0 saturated carbocycles. The molecule has 2 aromatic rings. The molecule has 1 aromatic heterocycles. The van der Waals surface area contributed by atoms with Crippen molar-refractivity contribution in [3.05, 3.63) is 59.0 Å². The molecule has 0 radical (unpaired) electrons. The summed E-state index contributed by atoms with van der Waals surface area (Å²) in [5, 5.41) is 2.49. The third-order valence-electron chi connectivity index (χ3n) is 2.21. The number of benzene rings is 1. The zero-order chi connectivity index (χ0) is 13.0. The van der Waals surface area contributed by atoms with Crippen LogP contribution in [0.4, 0.5) is 10.1 Å². The molecule has 0 fully saturated rings. The van der Waals surface area contributed by atoms with Gasteiger partial charge < -0.3 is 5.32 Å². The van der Waals surface area contributed by atoms with E-state index in [1.54, 1.807) is 12.1 Å². The topological polar surface area (TPSA) is 64.0 Å². The minimum atomic E-state index is -0.508. The van der Waals surface area contributed by atoms with Crippen LogP contribution >= 0.6 is 0 Å². The Bertz CT molecular complexity index is 624. The molecule has 0 spiro atoms. The van der Waals surface area contributed by atoms with Crippen LogP contribution in [-0.4, -0.2) is 15.5 Å². The van der Waals surface area contributed by atoms with Gasteiger partial charge in [0, 0.05) is 18.1 Å². The molecule has 18 heavy (non-hydrogen) atoms. The molecular weight excluding hydrogens is 237 g/mol. The molecule has 6 heteroatoms. The van der Waals surface area contributed by atoms with Crippen molar-refractivity contribution in [3.8, 4) is 0 Å². The summed E-state index contributed by atoms with van der Waals surface area (Å²) < 4.78 is 14.1. The molecular formula is C12H10FN3O2. The number of aromatic nitrogens is 2. The first-order valence-electron chi connectivity index (χ1n) is 5.22. The van der Waals surface area contributed by atoms with Crippen molar-refractivity contribution in [1.82, 2.24) is 9.55 Å². The van der Waals surface area contributed by atoms with Crippen LogP contribution in [0.25, 0.3) is 0 Å². The summed E-state index contributed by atoms with van der Waals surface area (Å²) >= 11 is 0. The maximum Gasteiger partial charge on any atom is 0.347 e. The van der Waals surface area contributed by atoms with Gasteiger partial charge in [-0.05, 0) is 24.3 Å². The van der Waals surface area contributed by atoms with E-state index >= 15 is 0 Å². The molecule has 0 bridgehead atoms. The number of rotatable bonds is 3. The van der Waals surface area contributed by atoms with Crippen LogP contribution in [-0.2, 0) is 11.3 Å². The second-order valence-corrected chi connectivity index (χ2v) is 3.59. The number of carbonyl (C=O) groups excluding carboxylic acids is 1. The molecule has 0 saturated heterocycles. The smallest absolute Gasteiger partial charge is 0.324 e. The van der Waals surface area contributed by atoms with E-state index in [-0.39, 0.29) is 6.54 Å². The fourth-order valence-electron chi connectivity index (χ4n) is 1.43. The lowest BCUT2D eigenvalue weighted by Crippen LogP contribution is -2.28. The van der Waals surface area contributed by atoms with Crippen LogP contribution < -0.4 is 11.0 Å². The van der Waals surface area contributed by atoms with Crippen LogP contribution in [0.2, 0.25) is 0 Å². The summed E-state index contributed by atoms with van der Waals surface area (Å²) in [4.78, 5) is 26.4. The summed E-state index contributed by atoms with van der Waals surface area (Å²) in [6, 6.07) is 7.08. The Balaban J connectivity index is 2.06. The van der Waals surface area contributed by atoms with Crippen molar-refractivity contribution < 1.29 is 9.18 Å². The summed E-state index contributed by atoms with van der Waals surface area (Å²) in [6.07, 6.45) is 2.81. The van der Waals surface area contributed by atoms with Crippen molar-refractivity contribution in [1.29, 1.82) is 0 Å². The van der Waals surface area contributed by atoms with Crippen molar-refractivity contribution in [2.75, 3.05) is 5.32 Å². The number of amides is 1. The van der Waals surface area contributed by atoms with Crippen molar-refractivity contribution >= 4 is 11.6 Å². The highest BCUT2D eigenvalue weighted by atomic mass is 19.1. The van der Waals surface area contributed by atoms with Gasteiger partial charge in [0.25, 0.3) is 0 Å². The summed E-state index contributed by atoms with van der Waals surface area (Å²) in [7, 11) is 0. The fourth-order valence-corrected chi connectivity index (χ4v) is 1.43. The molecule has 0 atom stereocenters. The maximum atomic E-state index is 12.9. The largest absolute Gasteiger partial charge is 0.347 e. The Hall–Kier alpha value is -2.50. The first-order valence-corrected chi connectivity index (χ1v) is 5.22. The molecule has 0 aliphatic heterocycles. The Kier molecular flexibility index (Phi) is 3.47. The van der Waals surface area contributed by atoms with E-state index in [1.807, 2.05) is 0 Å². The summed E-state index contributed by atoms with van der Waals surface area (Å²) in [6.45, 7) is -0.164. The monoisotopic (exact) mass is 247 g/mol. The number of hydrogen-bond acceptors (Lipinski definition) is 3. The Labute approximate surface area is 102 Å². The minimum absolute atomic E-state index is 0.164. The van der Waals surface area contributed by atoms with Gasteiger partial charge in [-0.3, -0.25) is 9.36 Å². The van der Waals surface area contributed by atoms with Crippen LogP contribution in [0.15, 0.2) is 47.5 Å². The molecule has 0 aliphatic carbocycles. The molecule has 2 rings (SSSR count). The zero-order valence-corrected chi connectivity index (χ0v) is 9.34. The second kappa shape index (κ2) is 5.22. The first-order chi connectivity index (χ1) is 8.65. The number of anilines is 1. The number of hydrogen-bond donors (Lipinski definition) is 1. The molecule has 0 unspecified atom stereocenters. The molecule has 5 nitrogen and oxygen atoms in total. The van der Waals surface area contributed by atoms with E-state index in [9.17, 15) is 14.0 Å². The first kappa shape index (κ1) is 12.0. The highest BCUT2D eigenvalue weighted by molar-refractivity contribution is 5.90. The van der Waals surface area contributed by atoms with Crippen molar-refractivity contribution in [2.24, 2.45) is 0 Å². The normalized spacial score (nSPS) is 10.1. The Morgan fingerprint density at radius 3 is 2.94 bits per heavy atom. The lowest BCUT2D eigenvalue weighted by Gasteiger charge is -2.06. The van der Waals surface area contributed by atoms with Gasteiger partial charge in [0.15, 0.2) is 0 Å². The van der Waals surface area contributed by atoms with Gasteiger partial charge >= 0.3 is 5.69 Å². The lowest BCUT2D eigenvalue weighted by atomic mass is 10.3. The van der Waals surface area contributed by atoms with E-state index in [2.05, 4.69) is 10.3 Å². The molecule has 1 amide bonds. The maximum absolute atomic E-state index is 12.9. The summed E-state index contributed by atoms with van der Waals surface area (Å²) in [5.41, 5.74) is -0.163. The molecule has 0 aliphatic rings. The van der Waals surface area contributed by atoms with Crippen LogP contribution in [0.5, 0.6) is 0 Å². The average molecular weight is 247 g/mol. The van der Waals surface area contributed by atoms with Crippen molar-refractivity contribution in [3.63, 3.8) is 0 Å². The van der Waals surface area contributed by atoms with E-state index in [0.29, 0.717) is 5.69 Å². The SMILES string of the molecule is O=C(Cn1cccnc1=O)Nc1cccc(F)c1. The van der Waals surface area contributed by atoms with E-state index in [0.717, 1.165) is 4.57 Å². The van der Waals surface area contributed by atoms with Gasteiger partial charge in [-0.1, -0.05) is 6.07 Å². The number of carbonyl (C=O) groups is 1. The lowest BCUT2D eigenvalue weighted by molar-refractivity contribution is -0.116. The van der Waals surface area contributed by atoms with Gasteiger partial charge in [-0.25, -0.2) is 14.2 Å². The van der Waals surface area contributed by atoms with Crippen molar-refractivity contribution in [2.45, 2.75) is 6.54 Å². The van der Waals surface area contributed by atoms with Gasteiger partial charge in [-0.2, -0.15) is 0 Å². The Morgan fingerprint density at radius 1 is 1.39 bits per heavy atom. The van der Waals surface area contributed by atoms with Gasteiger partial charge in [0.05, 0.1) is 0 Å². The van der Waals surface area contributed by atoms with Crippen LogP contribution in [0.1, 0.15) is 0 Å². The second-order valence-electron chi connectivity index (χ2n) is 3.59. The van der Waals surface area contributed by atoms with Gasteiger partial charge in [-0.15, -0.1) is 0 Å². The van der Waals surface area contributed by atoms with E-state index in [1.165, 1.54) is 30.6 Å². The predicted octanol–water partition coefficient (Wildman–Crippen LogP) is 1.02.